The van der Waals surface area contributed by atoms with E-state index in [4.69, 9.17) is 9.47 Å². The Morgan fingerprint density at radius 1 is 1.38 bits per heavy atom. The summed E-state index contributed by atoms with van der Waals surface area (Å²) in [6, 6.07) is 0.235. The van der Waals surface area contributed by atoms with E-state index in [9.17, 15) is 13.2 Å². The van der Waals surface area contributed by atoms with Gasteiger partial charge in [-0.25, -0.2) is 4.68 Å². The number of hydrogen-bond donors (Lipinski definition) is 1. The Labute approximate surface area is 144 Å². The number of aromatic nitrogens is 2. The molecular formula is C14H22ClF3N4O2. The lowest BCUT2D eigenvalue weighted by Crippen LogP contribution is -2.50. The van der Waals surface area contributed by atoms with E-state index in [1.807, 2.05) is 0 Å². The maximum Gasteiger partial charge on any atom is 0.422 e. The number of aryl methyl sites for hydroxylation is 2. The smallest absolute Gasteiger partial charge is 0.422 e. The Balaban J connectivity index is 0.00000208. The number of nitrogens with one attached hydrogen (secondary N) is 1. The molecule has 2 saturated heterocycles. The molecule has 24 heavy (non-hydrogen) atoms. The van der Waals surface area contributed by atoms with Crippen LogP contribution in [0, 0.1) is 6.92 Å². The molecule has 0 aliphatic carbocycles. The highest BCUT2D eigenvalue weighted by Crippen LogP contribution is 2.28. The van der Waals surface area contributed by atoms with Gasteiger partial charge in [-0.1, -0.05) is 0 Å². The van der Waals surface area contributed by atoms with Crippen molar-refractivity contribution in [3.8, 4) is 5.88 Å². The fraction of sp³-hybridized carbons (Fsp3) is 0.786. The summed E-state index contributed by atoms with van der Waals surface area (Å²) in [6.45, 7) is 4.00. The molecule has 138 valence electrons. The normalized spacial score (nSPS) is 24.5. The van der Waals surface area contributed by atoms with Crippen molar-refractivity contribution in [1.82, 2.24) is 20.0 Å². The minimum atomic E-state index is -4.37. The number of ether oxygens (including phenoxy) is 2. The topological polar surface area (TPSA) is 51.5 Å². The van der Waals surface area contributed by atoms with Crippen LogP contribution in [0.3, 0.4) is 0 Å². The number of nitrogens with zero attached hydrogens (tertiary/aromatic N) is 3. The molecule has 0 bridgehead atoms. The second-order valence-electron chi connectivity index (χ2n) is 6.00. The van der Waals surface area contributed by atoms with Gasteiger partial charge in [0.1, 0.15) is 0 Å². The molecule has 1 N–H and O–H groups in total. The van der Waals surface area contributed by atoms with Gasteiger partial charge in [-0.05, 0) is 6.92 Å². The molecule has 1 aromatic heterocycles. The van der Waals surface area contributed by atoms with Crippen LogP contribution in [0.5, 0.6) is 5.88 Å². The van der Waals surface area contributed by atoms with Crippen molar-refractivity contribution in [3.63, 3.8) is 0 Å². The zero-order valence-corrected chi connectivity index (χ0v) is 14.4. The van der Waals surface area contributed by atoms with Crippen molar-refractivity contribution >= 4 is 12.4 Å². The molecule has 0 amide bonds. The van der Waals surface area contributed by atoms with Crippen molar-refractivity contribution in [3.05, 3.63) is 11.3 Å². The Morgan fingerprint density at radius 3 is 2.83 bits per heavy atom. The van der Waals surface area contributed by atoms with E-state index in [1.165, 1.54) is 4.68 Å². The molecule has 2 aliphatic heterocycles. The van der Waals surface area contributed by atoms with Gasteiger partial charge in [0.25, 0.3) is 0 Å². The van der Waals surface area contributed by atoms with E-state index in [2.05, 4.69) is 15.3 Å². The van der Waals surface area contributed by atoms with Gasteiger partial charge >= 0.3 is 6.18 Å². The SMILES string of the molecule is Cc1nn(C)c(OCC(F)(F)F)c1CN1CCO[C@H]2CNC[C@H]21.Cl. The van der Waals surface area contributed by atoms with Crippen LogP contribution < -0.4 is 10.1 Å². The molecule has 10 heteroatoms. The highest BCUT2D eigenvalue weighted by Gasteiger charge is 2.37. The molecule has 0 radical (unpaired) electrons. The molecule has 1 aromatic rings. The molecule has 0 spiro atoms. The third-order valence-electron chi connectivity index (χ3n) is 4.33. The Morgan fingerprint density at radius 2 is 2.12 bits per heavy atom. The average molecular weight is 371 g/mol. The van der Waals surface area contributed by atoms with E-state index >= 15 is 0 Å². The van der Waals surface area contributed by atoms with E-state index in [0.717, 1.165) is 19.6 Å². The standard InChI is InChI=1S/C14H21F3N4O2.ClH/c1-9-10(13(20(2)19-9)23-8-14(15,16)17)7-21-3-4-22-12-6-18-5-11(12)21;/h11-12,18H,3-8H2,1-2H3;1H/t11-,12+;/m1./s1. The van der Waals surface area contributed by atoms with Gasteiger partial charge in [-0.2, -0.15) is 18.3 Å². The molecule has 0 aromatic carbocycles. The first-order valence-corrected chi connectivity index (χ1v) is 7.63. The quantitative estimate of drug-likeness (QED) is 0.865. The minimum absolute atomic E-state index is 0. The summed E-state index contributed by atoms with van der Waals surface area (Å²) in [6.07, 6.45) is -4.23. The maximum atomic E-state index is 12.5. The molecule has 2 fully saturated rings. The van der Waals surface area contributed by atoms with Crippen molar-refractivity contribution < 1.29 is 22.6 Å². The first-order valence-electron chi connectivity index (χ1n) is 7.63. The summed E-state index contributed by atoms with van der Waals surface area (Å²) in [5.41, 5.74) is 1.41. The van der Waals surface area contributed by atoms with Crippen LogP contribution in [0.4, 0.5) is 13.2 Å². The second kappa shape index (κ2) is 7.47. The monoisotopic (exact) mass is 370 g/mol. The van der Waals surface area contributed by atoms with Gasteiger partial charge in [0.05, 0.1) is 24.0 Å². The molecule has 0 unspecified atom stereocenters. The first-order chi connectivity index (χ1) is 10.8. The summed E-state index contributed by atoms with van der Waals surface area (Å²) < 4.78 is 49.5. The molecule has 2 aliphatic rings. The largest absolute Gasteiger partial charge is 0.468 e. The Kier molecular flexibility index (Phi) is 6.00. The van der Waals surface area contributed by atoms with E-state index < -0.39 is 12.8 Å². The van der Waals surface area contributed by atoms with E-state index in [0.29, 0.717) is 24.4 Å². The lowest BCUT2D eigenvalue weighted by molar-refractivity contribution is -0.154. The Bertz CT molecular complexity index is 567. The van der Waals surface area contributed by atoms with Crippen LogP contribution in [-0.4, -0.2) is 65.9 Å². The van der Waals surface area contributed by atoms with Gasteiger partial charge in [-0.3, -0.25) is 4.90 Å². The summed E-state index contributed by atoms with van der Waals surface area (Å²) in [5.74, 6) is 0.189. The van der Waals surface area contributed by atoms with Crippen LogP contribution >= 0.6 is 12.4 Å². The zero-order chi connectivity index (χ0) is 16.6. The van der Waals surface area contributed by atoms with Crippen LogP contribution in [0.25, 0.3) is 0 Å². The summed E-state index contributed by atoms with van der Waals surface area (Å²) in [7, 11) is 1.60. The highest BCUT2D eigenvalue weighted by atomic mass is 35.5. The molecule has 6 nitrogen and oxygen atoms in total. The van der Waals surface area contributed by atoms with Gasteiger partial charge in [-0.15, -0.1) is 12.4 Å². The van der Waals surface area contributed by atoms with Gasteiger partial charge < -0.3 is 14.8 Å². The van der Waals surface area contributed by atoms with Gasteiger partial charge in [0, 0.05) is 39.3 Å². The Hall–Kier alpha value is -1.03. The molecular weight excluding hydrogens is 349 g/mol. The lowest BCUT2D eigenvalue weighted by Gasteiger charge is -2.36. The minimum Gasteiger partial charge on any atom is -0.468 e. The maximum absolute atomic E-state index is 12.5. The molecule has 3 heterocycles. The molecule has 3 rings (SSSR count). The van der Waals surface area contributed by atoms with Crippen molar-refractivity contribution in [1.29, 1.82) is 0 Å². The van der Waals surface area contributed by atoms with Gasteiger partial charge in [0.2, 0.25) is 5.88 Å². The number of rotatable bonds is 4. The first kappa shape index (κ1) is 19.3. The number of hydrogen-bond acceptors (Lipinski definition) is 5. The molecule has 0 saturated carbocycles. The highest BCUT2D eigenvalue weighted by molar-refractivity contribution is 5.85. The van der Waals surface area contributed by atoms with E-state index in [-0.39, 0.29) is 30.4 Å². The number of alkyl halides is 3. The lowest BCUT2D eigenvalue weighted by atomic mass is 10.1. The number of fused-ring (bicyclic) bond motifs is 1. The van der Waals surface area contributed by atoms with Crippen LogP contribution in [0.2, 0.25) is 0 Å². The number of halogens is 4. The third kappa shape index (κ3) is 4.14. The second-order valence-corrected chi connectivity index (χ2v) is 6.00. The van der Waals surface area contributed by atoms with Crippen molar-refractivity contribution in [2.75, 3.05) is 32.8 Å². The number of morpholine rings is 1. The van der Waals surface area contributed by atoms with Crippen LogP contribution in [-0.2, 0) is 18.3 Å². The van der Waals surface area contributed by atoms with E-state index in [1.54, 1.807) is 14.0 Å². The van der Waals surface area contributed by atoms with Gasteiger partial charge in [0.15, 0.2) is 6.61 Å². The zero-order valence-electron chi connectivity index (χ0n) is 13.6. The fourth-order valence-corrected chi connectivity index (χ4v) is 3.26. The third-order valence-corrected chi connectivity index (χ3v) is 4.33. The van der Waals surface area contributed by atoms with Crippen molar-refractivity contribution in [2.24, 2.45) is 7.05 Å². The fourth-order valence-electron chi connectivity index (χ4n) is 3.26. The van der Waals surface area contributed by atoms with Crippen molar-refractivity contribution in [2.45, 2.75) is 31.8 Å². The summed E-state index contributed by atoms with van der Waals surface area (Å²) >= 11 is 0. The predicted octanol–water partition coefficient (Wildman–Crippen LogP) is 1.26. The van der Waals surface area contributed by atoms with Crippen LogP contribution in [0.15, 0.2) is 0 Å². The summed E-state index contributed by atoms with van der Waals surface area (Å²) in [5, 5.41) is 7.51. The molecule has 2 atom stereocenters. The summed E-state index contributed by atoms with van der Waals surface area (Å²) in [4.78, 5) is 2.23. The van der Waals surface area contributed by atoms with Crippen LogP contribution in [0.1, 0.15) is 11.3 Å². The average Bonchev–Trinajstić information content (AvgIpc) is 3.02. The predicted molar refractivity (Wildman–Crippen MR) is 83.6 cm³/mol.